The summed E-state index contributed by atoms with van der Waals surface area (Å²) in [5, 5.41) is 3.63. The van der Waals surface area contributed by atoms with Gasteiger partial charge in [-0.1, -0.05) is 6.07 Å². The molecule has 4 N–H and O–H groups in total. The highest BCUT2D eigenvalue weighted by Gasteiger charge is 2.15. The fraction of sp³-hybridized carbons (Fsp3) is 0. The van der Waals surface area contributed by atoms with E-state index in [4.69, 9.17) is 5.73 Å². The molecule has 0 spiro atoms. The molecule has 2 rings (SSSR count). The van der Waals surface area contributed by atoms with Gasteiger partial charge in [-0.2, -0.15) is 10.1 Å². The molecule has 0 unspecified atom stereocenters. The van der Waals surface area contributed by atoms with Crippen molar-refractivity contribution in [3.05, 3.63) is 45.1 Å². The standard InChI is InChI=1S/C10H9N5O2S/c11-9(16)14-12-6-7-8(13-10(17)18-7)15-4-2-1-3-5-15/h1-6H,(H3-,11,12,13,14,16,17)/p+1. The molecule has 8 heteroatoms. The van der Waals surface area contributed by atoms with E-state index in [0.29, 0.717) is 10.7 Å². The number of rotatable bonds is 3. The zero-order chi connectivity index (χ0) is 13.0. The first kappa shape index (κ1) is 12.0. The van der Waals surface area contributed by atoms with Crippen molar-refractivity contribution in [1.29, 1.82) is 0 Å². The smallest absolute Gasteiger partial charge is 0.350 e. The number of pyridine rings is 1. The number of carbonyl (C=O) groups excluding carboxylic acids is 1. The Morgan fingerprint density at radius 2 is 2.17 bits per heavy atom. The largest absolute Gasteiger partial charge is 0.390 e. The molecule has 0 saturated heterocycles. The summed E-state index contributed by atoms with van der Waals surface area (Å²) in [6.45, 7) is 0. The summed E-state index contributed by atoms with van der Waals surface area (Å²) >= 11 is 0.987. The average Bonchev–Trinajstić information content (AvgIpc) is 2.71. The lowest BCUT2D eigenvalue weighted by Crippen LogP contribution is -2.31. The predicted molar refractivity (Wildman–Crippen MR) is 66.8 cm³/mol. The third-order valence-electron chi connectivity index (χ3n) is 1.99. The van der Waals surface area contributed by atoms with Gasteiger partial charge in [-0.15, -0.1) is 0 Å². The van der Waals surface area contributed by atoms with Gasteiger partial charge in [-0.3, -0.25) is 0 Å². The molecule has 7 nitrogen and oxygen atoms in total. The van der Waals surface area contributed by atoms with Gasteiger partial charge in [-0.25, -0.2) is 19.6 Å². The summed E-state index contributed by atoms with van der Waals surface area (Å²) in [6, 6.07) is 4.77. The molecule has 2 aromatic heterocycles. The average molecular weight is 264 g/mol. The number of aromatic amines is 1. The minimum Gasteiger partial charge on any atom is -0.350 e. The number of hydrazone groups is 1. The quantitative estimate of drug-likeness (QED) is 0.403. The summed E-state index contributed by atoms with van der Waals surface area (Å²) in [7, 11) is 0. The van der Waals surface area contributed by atoms with Crippen LogP contribution in [-0.4, -0.2) is 17.2 Å². The van der Waals surface area contributed by atoms with Gasteiger partial charge in [0.2, 0.25) is 0 Å². The third kappa shape index (κ3) is 2.80. The van der Waals surface area contributed by atoms with Gasteiger partial charge in [0.15, 0.2) is 0 Å². The van der Waals surface area contributed by atoms with Gasteiger partial charge in [0.25, 0.3) is 0 Å². The third-order valence-corrected chi connectivity index (χ3v) is 2.79. The van der Waals surface area contributed by atoms with Crippen LogP contribution in [0.2, 0.25) is 0 Å². The monoisotopic (exact) mass is 264 g/mol. The highest BCUT2D eigenvalue weighted by atomic mass is 32.1. The second-order valence-corrected chi connectivity index (χ2v) is 4.26. The number of H-pyrrole nitrogens is 1. The second-order valence-electron chi connectivity index (χ2n) is 3.24. The summed E-state index contributed by atoms with van der Waals surface area (Å²) in [5.74, 6) is 0.584. The van der Waals surface area contributed by atoms with E-state index in [0.717, 1.165) is 11.3 Å². The maximum absolute atomic E-state index is 11.4. The van der Waals surface area contributed by atoms with Crippen molar-refractivity contribution < 1.29 is 9.36 Å². The van der Waals surface area contributed by atoms with Crippen LogP contribution >= 0.6 is 11.3 Å². The second kappa shape index (κ2) is 5.23. The Morgan fingerprint density at radius 3 is 2.83 bits per heavy atom. The van der Waals surface area contributed by atoms with E-state index in [1.165, 1.54) is 6.21 Å². The minimum absolute atomic E-state index is 0.207. The van der Waals surface area contributed by atoms with Crippen LogP contribution in [0.3, 0.4) is 0 Å². The maximum atomic E-state index is 11.4. The molecule has 2 heterocycles. The summed E-state index contributed by atoms with van der Waals surface area (Å²) < 4.78 is 1.74. The number of nitrogens with one attached hydrogen (secondary N) is 2. The number of amides is 2. The van der Waals surface area contributed by atoms with Gasteiger partial charge < -0.3 is 5.73 Å². The van der Waals surface area contributed by atoms with E-state index in [2.05, 4.69) is 15.5 Å². The summed E-state index contributed by atoms with van der Waals surface area (Å²) in [4.78, 5) is 24.9. The van der Waals surface area contributed by atoms with E-state index in [-0.39, 0.29) is 4.87 Å². The number of nitrogens with zero attached hydrogens (tertiary/aromatic N) is 2. The number of carbonyl (C=O) groups is 1. The van der Waals surface area contributed by atoms with E-state index >= 15 is 0 Å². The van der Waals surface area contributed by atoms with Crippen molar-refractivity contribution in [2.45, 2.75) is 0 Å². The molecular weight excluding hydrogens is 254 g/mol. The minimum atomic E-state index is -0.761. The number of thiazole rings is 1. The van der Waals surface area contributed by atoms with Crippen LogP contribution in [0.15, 0.2) is 40.5 Å². The molecule has 92 valence electrons. The normalized spacial score (nSPS) is 10.7. The highest BCUT2D eigenvalue weighted by molar-refractivity contribution is 7.11. The van der Waals surface area contributed by atoms with Crippen LogP contribution in [0.25, 0.3) is 5.82 Å². The molecule has 2 amide bonds. The Kier molecular flexibility index (Phi) is 3.49. The summed E-state index contributed by atoms with van der Waals surface area (Å²) in [6.07, 6.45) is 4.94. The van der Waals surface area contributed by atoms with Crippen molar-refractivity contribution in [2.24, 2.45) is 10.8 Å². The van der Waals surface area contributed by atoms with E-state index in [1.807, 2.05) is 18.2 Å². The van der Waals surface area contributed by atoms with Crippen LogP contribution in [0.5, 0.6) is 0 Å². The molecule has 0 aliphatic rings. The number of aromatic nitrogens is 2. The molecule has 0 aliphatic carbocycles. The molecule has 0 radical (unpaired) electrons. The Morgan fingerprint density at radius 1 is 1.44 bits per heavy atom. The van der Waals surface area contributed by atoms with Crippen molar-refractivity contribution in [3.8, 4) is 5.82 Å². The zero-order valence-electron chi connectivity index (χ0n) is 9.16. The van der Waals surface area contributed by atoms with Crippen molar-refractivity contribution in [3.63, 3.8) is 0 Å². The van der Waals surface area contributed by atoms with Crippen LogP contribution in [0, 0.1) is 0 Å². The highest BCUT2D eigenvalue weighted by Crippen LogP contribution is 2.05. The van der Waals surface area contributed by atoms with E-state index in [1.54, 1.807) is 17.0 Å². The van der Waals surface area contributed by atoms with Gasteiger partial charge in [-0.05, 0) is 23.5 Å². The first-order valence-corrected chi connectivity index (χ1v) is 5.77. The molecule has 0 bridgehead atoms. The van der Waals surface area contributed by atoms with Crippen molar-refractivity contribution in [2.75, 3.05) is 0 Å². The van der Waals surface area contributed by atoms with Crippen molar-refractivity contribution >= 4 is 23.6 Å². The number of urea groups is 1. The van der Waals surface area contributed by atoms with Crippen LogP contribution in [-0.2, 0) is 0 Å². The van der Waals surface area contributed by atoms with Gasteiger partial charge in [0, 0.05) is 0 Å². The topological polar surface area (TPSA) is 104 Å². The number of hydrogen-bond acceptors (Lipinski definition) is 4. The lowest BCUT2D eigenvalue weighted by molar-refractivity contribution is -0.599. The van der Waals surface area contributed by atoms with Crippen LogP contribution in [0.4, 0.5) is 4.79 Å². The van der Waals surface area contributed by atoms with Crippen molar-refractivity contribution in [1.82, 2.24) is 10.4 Å². The molecule has 0 aromatic carbocycles. The summed E-state index contributed by atoms with van der Waals surface area (Å²) in [5.41, 5.74) is 6.95. The molecule has 0 atom stereocenters. The fourth-order valence-corrected chi connectivity index (χ4v) is 2.02. The Bertz CT molecular complexity index is 631. The first-order valence-electron chi connectivity index (χ1n) is 4.95. The molecule has 0 saturated carbocycles. The molecular formula is C10H10N5O2S+. The van der Waals surface area contributed by atoms with Crippen LogP contribution in [0.1, 0.15) is 4.88 Å². The Labute approximate surface area is 106 Å². The lowest BCUT2D eigenvalue weighted by atomic mass is 10.4. The van der Waals surface area contributed by atoms with E-state index in [9.17, 15) is 9.59 Å². The predicted octanol–water partition coefficient (Wildman–Crippen LogP) is -0.285. The number of primary amides is 1. The van der Waals surface area contributed by atoms with Gasteiger partial charge >= 0.3 is 16.7 Å². The maximum Gasteiger partial charge on any atom is 0.390 e. The number of nitrogens with two attached hydrogens (primary N) is 1. The molecule has 18 heavy (non-hydrogen) atoms. The zero-order valence-corrected chi connectivity index (χ0v) is 9.98. The lowest BCUT2D eigenvalue weighted by Gasteiger charge is -1.94. The number of hydrogen-bond donors (Lipinski definition) is 3. The molecule has 2 aromatic rings. The SMILES string of the molecule is NC(=O)NN=Cc1sc(=O)[nH]c1-[n+]1ccccc1. The Hall–Kier alpha value is -2.48. The Balaban J connectivity index is 2.35. The van der Waals surface area contributed by atoms with Gasteiger partial charge in [0.1, 0.15) is 4.88 Å². The van der Waals surface area contributed by atoms with E-state index < -0.39 is 6.03 Å². The fourth-order valence-electron chi connectivity index (χ4n) is 1.31. The molecule has 0 aliphatic heterocycles. The van der Waals surface area contributed by atoms with Gasteiger partial charge in [0.05, 0.1) is 18.6 Å². The van der Waals surface area contributed by atoms with Crippen LogP contribution < -0.4 is 20.6 Å². The molecule has 0 fully saturated rings. The first-order chi connectivity index (χ1) is 8.66.